The molecule has 1 unspecified atom stereocenters. The highest BCUT2D eigenvalue weighted by Crippen LogP contribution is 2.18. The van der Waals surface area contributed by atoms with Crippen LogP contribution >= 0.6 is 0 Å². The van der Waals surface area contributed by atoms with Crippen LogP contribution in [0.5, 0.6) is 5.75 Å². The monoisotopic (exact) mass is 268 g/mol. The molecule has 0 bridgehead atoms. The number of benzene rings is 1. The molecule has 0 saturated carbocycles. The van der Waals surface area contributed by atoms with E-state index in [4.69, 9.17) is 9.47 Å². The average Bonchev–Trinajstić information content (AvgIpc) is 2.41. The van der Waals surface area contributed by atoms with Gasteiger partial charge in [-0.25, -0.2) is 0 Å². The van der Waals surface area contributed by atoms with Crippen molar-refractivity contribution in [3.05, 3.63) is 29.8 Å². The summed E-state index contributed by atoms with van der Waals surface area (Å²) in [5.41, 5.74) is 0.797. The van der Waals surface area contributed by atoms with Crippen LogP contribution in [0.1, 0.15) is 38.4 Å². The molecule has 0 amide bonds. The number of hydrogen-bond donors (Lipinski definition) is 2. The summed E-state index contributed by atoms with van der Waals surface area (Å²) in [5, 5.41) is 19.2. The molecule has 0 aliphatic heterocycles. The highest BCUT2D eigenvalue weighted by Gasteiger charge is 2.07. The van der Waals surface area contributed by atoms with Gasteiger partial charge in [0.2, 0.25) is 0 Å². The largest absolute Gasteiger partial charge is 0.491 e. The zero-order chi connectivity index (χ0) is 14.1. The van der Waals surface area contributed by atoms with Crippen molar-refractivity contribution in [2.24, 2.45) is 0 Å². The minimum absolute atomic E-state index is 0.190. The van der Waals surface area contributed by atoms with E-state index >= 15 is 0 Å². The molecule has 0 aliphatic rings. The van der Waals surface area contributed by atoms with E-state index in [9.17, 15) is 10.2 Å². The van der Waals surface area contributed by atoms with Gasteiger partial charge in [-0.3, -0.25) is 0 Å². The predicted molar refractivity (Wildman–Crippen MR) is 74.3 cm³/mol. The van der Waals surface area contributed by atoms with Crippen molar-refractivity contribution in [1.82, 2.24) is 0 Å². The maximum absolute atomic E-state index is 9.69. The third-order valence-electron chi connectivity index (χ3n) is 2.74. The topological polar surface area (TPSA) is 58.9 Å². The van der Waals surface area contributed by atoms with Gasteiger partial charge in [0, 0.05) is 6.61 Å². The lowest BCUT2D eigenvalue weighted by Gasteiger charge is -2.14. The fourth-order valence-corrected chi connectivity index (χ4v) is 1.57. The van der Waals surface area contributed by atoms with E-state index < -0.39 is 12.2 Å². The first-order valence-electron chi connectivity index (χ1n) is 6.80. The zero-order valence-electron chi connectivity index (χ0n) is 11.7. The Morgan fingerprint density at radius 3 is 2.68 bits per heavy atom. The quantitative estimate of drug-likeness (QED) is 0.675. The Labute approximate surface area is 115 Å². The van der Waals surface area contributed by atoms with Gasteiger partial charge in [0.05, 0.1) is 12.7 Å². The summed E-state index contributed by atoms with van der Waals surface area (Å²) in [6.07, 6.45) is 0.931. The van der Waals surface area contributed by atoms with Crippen molar-refractivity contribution in [3.8, 4) is 5.75 Å². The van der Waals surface area contributed by atoms with Gasteiger partial charge in [-0.1, -0.05) is 25.5 Å². The number of aliphatic hydroxyl groups is 2. The Morgan fingerprint density at radius 1 is 1.21 bits per heavy atom. The van der Waals surface area contributed by atoms with Gasteiger partial charge in [0.1, 0.15) is 18.5 Å². The van der Waals surface area contributed by atoms with E-state index in [1.54, 1.807) is 19.1 Å². The molecule has 0 saturated heterocycles. The first-order valence-corrected chi connectivity index (χ1v) is 6.80. The number of unbranched alkanes of at least 4 members (excludes halogenated alkanes) is 1. The van der Waals surface area contributed by atoms with E-state index in [-0.39, 0.29) is 13.2 Å². The maximum Gasteiger partial charge on any atom is 0.119 e. The highest BCUT2D eigenvalue weighted by molar-refractivity contribution is 5.29. The molecule has 19 heavy (non-hydrogen) atoms. The van der Waals surface area contributed by atoms with Crippen LogP contribution in [-0.2, 0) is 4.74 Å². The van der Waals surface area contributed by atoms with E-state index in [2.05, 4.69) is 6.92 Å². The standard InChI is InChI=1S/C15H24O4/c1-3-4-8-18-10-14(17)11-19-15-7-5-6-13(9-15)12(2)16/h5-7,9,12,14,16-17H,3-4,8,10-11H2,1-2H3/t12-,14?/m1/s1. The van der Waals surface area contributed by atoms with Crippen LogP contribution in [-0.4, -0.2) is 36.1 Å². The van der Waals surface area contributed by atoms with Gasteiger partial charge in [-0.05, 0) is 31.0 Å². The van der Waals surface area contributed by atoms with E-state index in [0.29, 0.717) is 12.4 Å². The molecular weight excluding hydrogens is 244 g/mol. The smallest absolute Gasteiger partial charge is 0.119 e. The molecule has 1 aromatic rings. The minimum Gasteiger partial charge on any atom is -0.491 e. The predicted octanol–water partition coefficient (Wildman–Crippen LogP) is 2.30. The fraction of sp³-hybridized carbons (Fsp3) is 0.600. The summed E-state index contributed by atoms with van der Waals surface area (Å²) in [7, 11) is 0. The second kappa shape index (κ2) is 8.91. The molecule has 4 nitrogen and oxygen atoms in total. The van der Waals surface area contributed by atoms with Crippen molar-refractivity contribution in [3.63, 3.8) is 0 Å². The van der Waals surface area contributed by atoms with Gasteiger partial charge < -0.3 is 19.7 Å². The Kier molecular flexibility index (Phi) is 7.48. The summed E-state index contributed by atoms with van der Waals surface area (Å²) in [6.45, 7) is 4.95. The molecule has 0 spiro atoms. The number of hydrogen-bond acceptors (Lipinski definition) is 4. The molecule has 0 aromatic heterocycles. The van der Waals surface area contributed by atoms with Crippen molar-refractivity contribution in [1.29, 1.82) is 0 Å². The lowest BCUT2D eigenvalue weighted by Crippen LogP contribution is -2.23. The molecule has 1 rings (SSSR count). The Balaban J connectivity index is 2.29. The summed E-state index contributed by atoms with van der Waals surface area (Å²) in [5.74, 6) is 0.644. The molecular formula is C15H24O4. The fourth-order valence-electron chi connectivity index (χ4n) is 1.57. The molecule has 4 heteroatoms. The summed E-state index contributed by atoms with van der Waals surface area (Å²) in [4.78, 5) is 0. The third kappa shape index (κ3) is 6.57. The van der Waals surface area contributed by atoms with E-state index in [1.165, 1.54) is 0 Å². The van der Waals surface area contributed by atoms with Gasteiger partial charge >= 0.3 is 0 Å². The first kappa shape index (κ1) is 16.0. The van der Waals surface area contributed by atoms with Crippen molar-refractivity contribution >= 4 is 0 Å². The van der Waals surface area contributed by atoms with Crippen LogP contribution in [0.25, 0.3) is 0 Å². The normalized spacial score (nSPS) is 14.1. The molecule has 0 heterocycles. The number of ether oxygens (including phenoxy) is 2. The van der Waals surface area contributed by atoms with Crippen LogP contribution in [0.3, 0.4) is 0 Å². The van der Waals surface area contributed by atoms with Crippen molar-refractivity contribution in [2.45, 2.75) is 38.9 Å². The Bertz CT molecular complexity index is 352. The molecule has 2 N–H and O–H groups in total. The Morgan fingerprint density at radius 2 is 2.00 bits per heavy atom. The minimum atomic E-state index is -0.632. The van der Waals surface area contributed by atoms with Crippen molar-refractivity contribution < 1.29 is 19.7 Å². The molecule has 108 valence electrons. The first-order chi connectivity index (χ1) is 9.13. The lowest BCUT2D eigenvalue weighted by molar-refractivity contribution is 0.0113. The van der Waals surface area contributed by atoms with Crippen LogP contribution in [0.2, 0.25) is 0 Å². The van der Waals surface area contributed by atoms with Crippen LogP contribution in [0, 0.1) is 0 Å². The zero-order valence-corrected chi connectivity index (χ0v) is 11.7. The average molecular weight is 268 g/mol. The molecule has 0 aliphatic carbocycles. The molecule has 0 fully saturated rings. The summed E-state index contributed by atoms with van der Waals surface area (Å²) >= 11 is 0. The summed E-state index contributed by atoms with van der Waals surface area (Å²) in [6, 6.07) is 7.23. The SMILES string of the molecule is CCCCOCC(O)COc1cccc([C@@H](C)O)c1. The van der Waals surface area contributed by atoms with Crippen LogP contribution < -0.4 is 4.74 Å². The van der Waals surface area contributed by atoms with E-state index in [1.807, 2.05) is 12.1 Å². The number of aliphatic hydroxyl groups excluding tert-OH is 2. The highest BCUT2D eigenvalue weighted by atomic mass is 16.5. The van der Waals surface area contributed by atoms with E-state index in [0.717, 1.165) is 18.4 Å². The van der Waals surface area contributed by atoms with Gasteiger partial charge in [-0.15, -0.1) is 0 Å². The second-order valence-electron chi connectivity index (χ2n) is 4.64. The van der Waals surface area contributed by atoms with Gasteiger partial charge in [0.15, 0.2) is 0 Å². The third-order valence-corrected chi connectivity index (χ3v) is 2.74. The van der Waals surface area contributed by atoms with Gasteiger partial charge in [0.25, 0.3) is 0 Å². The van der Waals surface area contributed by atoms with Gasteiger partial charge in [-0.2, -0.15) is 0 Å². The second-order valence-corrected chi connectivity index (χ2v) is 4.64. The van der Waals surface area contributed by atoms with Crippen LogP contribution in [0.4, 0.5) is 0 Å². The molecule has 0 radical (unpaired) electrons. The van der Waals surface area contributed by atoms with Crippen LogP contribution in [0.15, 0.2) is 24.3 Å². The summed E-state index contributed by atoms with van der Waals surface area (Å²) < 4.78 is 10.8. The maximum atomic E-state index is 9.69. The number of rotatable bonds is 9. The van der Waals surface area contributed by atoms with Crippen molar-refractivity contribution in [2.75, 3.05) is 19.8 Å². The lowest BCUT2D eigenvalue weighted by atomic mass is 10.1. The molecule has 1 aromatic carbocycles. The molecule has 2 atom stereocenters. The Hall–Kier alpha value is -1.10.